The zero-order chi connectivity index (χ0) is 14.9. The molecule has 0 saturated carbocycles. The van der Waals surface area contributed by atoms with Crippen LogP contribution in [0.3, 0.4) is 0 Å². The van der Waals surface area contributed by atoms with E-state index in [9.17, 15) is 9.59 Å². The molecule has 20 heavy (non-hydrogen) atoms. The summed E-state index contributed by atoms with van der Waals surface area (Å²) in [6.45, 7) is 4.71. The van der Waals surface area contributed by atoms with E-state index in [1.807, 2.05) is 26.0 Å². The Kier molecular flexibility index (Phi) is 3.97. The number of carbonyl (C=O) groups excluding carboxylic acids is 1. The van der Waals surface area contributed by atoms with E-state index < -0.39 is 11.9 Å². The number of carbonyl (C=O) groups is 2. The van der Waals surface area contributed by atoms with Gasteiger partial charge >= 0.3 is 5.97 Å². The Morgan fingerprint density at radius 3 is 2.65 bits per heavy atom. The Balaban J connectivity index is 2.17. The molecule has 1 atom stereocenters. The first kappa shape index (κ1) is 14.4. The second-order valence-corrected chi connectivity index (χ2v) is 5.19. The number of carboxylic acid groups (broad SMARTS) is 1. The normalized spacial score (nSPS) is 18.4. The van der Waals surface area contributed by atoms with Crippen molar-refractivity contribution in [1.29, 1.82) is 0 Å². The molecule has 0 spiro atoms. The Morgan fingerprint density at radius 2 is 2.10 bits per heavy atom. The van der Waals surface area contributed by atoms with Gasteiger partial charge in [-0.3, -0.25) is 9.59 Å². The van der Waals surface area contributed by atoms with Gasteiger partial charge in [0.15, 0.2) is 0 Å². The Bertz CT molecular complexity index is 553. The molecule has 0 bridgehead atoms. The van der Waals surface area contributed by atoms with Crippen molar-refractivity contribution in [3.63, 3.8) is 0 Å². The van der Waals surface area contributed by atoms with Gasteiger partial charge in [-0.15, -0.1) is 0 Å². The summed E-state index contributed by atoms with van der Waals surface area (Å²) in [5.41, 5.74) is 3.16. The van der Waals surface area contributed by atoms with Crippen LogP contribution in [-0.2, 0) is 16.1 Å². The van der Waals surface area contributed by atoms with Gasteiger partial charge in [0.2, 0.25) is 5.91 Å². The summed E-state index contributed by atoms with van der Waals surface area (Å²) in [6, 6.07) is 3.81. The number of hydrogen-bond acceptors (Lipinski definition) is 3. The lowest BCUT2D eigenvalue weighted by Gasteiger charge is -2.19. The first-order valence-corrected chi connectivity index (χ1v) is 6.57. The molecule has 0 radical (unpaired) electrons. The highest BCUT2D eigenvalue weighted by atomic mass is 16.5. The van der Waals surface area contributed by atoms with Crippen LogP contribution in [0.4, 0.5) is 0 Å². The van der Waals surface area contributed by atoms with Gasteiger partial charge in [0.05, 0.1) is 13.0 Å². The van der Waals surface area contributed by atoms with E-state index in [-0.39, 0.29) is 12.3 Å². The molecular weight excluding hydrogens is 258 g/mol. The van der Waals surface area contributed by atoms with E-state index >= 15 is 0 Å². The van der Waals surface area contributed by atoms with Crippen LogP contribution in [0.2, 0.25) is 0 Å². The first-order chi connectivity index (χ1) is 9.43. The molecule has 2 rings (SSSR count). The van der Waals surface area contributed by atoms with Crippen LogP contribution in [0, 0.1) is 19.8 Å². The van der Waals surface area contributed by atoms with E-state index in [0.29, 0.717) is 13.1 Å². The molecule has 0 aliphatic carbocycles. The molecule has 108 valence electrons. The summed E-state index contributed by atoms with van der Waals surface area (Å²) in [6.07, 6.45) is 0.101. The third-order valence-electron chi connectivity index (χ3n) is 3.99. The number of hydrogen-bond donors (Lipinski definition) is 1. The minimum atomic E-state index is -0.900. The van der Waals surface area contributed by atoms with E-state index in [1.54, 1.807) is 12.0 Å². The number of ether oxygens (including phenoxy) is 1. The molecule has 1 aliphatic heterocycles. The van der Waals surface area contributed by atoms with Gasteiger partial charge < -0.3 is 14.7 Å². The molecule has 1 N–H and O–H groups in total. The fourth-order valence-electron chi connectivity index (χ4n) is 2.54. The molecule has 1 fully saturated rings. The number of aliphatic carboxylic acids is 1. The summed E-state index contributed by atoms with van der Waals surface area (Å²) in [4.78, 5) is 24.4. The van der Waals surface area contributed by atoms with Crippen LogP contribution in [-0.4, -0.2) is 35.5 Å². The average molecular weight is 277 g/mol. The predicted octanol–water partition coefficient (Wildman–Crippen LogP) is 1.75. The predicted molar refractivity (Wildman–Crippen MR) is 73.6 cm³/mol. The third kappa shape index (κ3) is 2.61. The maximum Gasteiger partial charge on any atom is 0.308 e. The number of methoxy groups -OCH3 is 1. The van der Waals surface area contributed by atoms with Crippen LogP contribution >= 0.6 is 0 Å². The van der Waals surface area contributed by atoms with Crippen LogP contribution in [0.25, 0.3) is 0 Å². The summed E-state index contributed by atoms with van der Waals surface area (Å²) >= 11 is 0. The van der Waals surface area contributed by atoms with E-state index in [2.05, 4.69) is 0 Å². The lowest BCUT2D eigenvalue weighted by molar-refractivity contribution is -0.141. The van der Waals surface area contributed by atoms with Gasteiger partial charge in [0.25, 0.3) is 0 Å². The maximum atomic E-state index is 11.9. The molecule has 1 amide bonds. The van der Waals surface area contributed by atoms with Gasteiger partial charge in [-0.25, -0.2) is 0 Å². The fourth-order valence-corrected chi connectivity index (χ4v) is 2.54. The van der Waals surface area contributed by atoms with E-state index in [0.717, 1.165) is 22.4 Å². The first-order valence-electron chi connectivity index (χ1n) is 6.57. The van der Waals surface area contributed by atoms with Crippen LogP contribution in [0.15, 0.2) is 12.1 Å². The van der Waals surface area contributed by atoms with Crippen molar-refractivity contribution >= 4 is 11.9 Å². The highest BCUT2D eigenvalue weighted by molar-refractivity contribution is 5.86. The third-order valence-corrected chi connectivity index (χ3v) is 3.99. The molecule has 5 nitrogen and oxygen atoms in total. The van der Waals surface area contributed by atoms with Crippen molar-refractivity contribution in [2.45, 2.75) is 26.8 Å². The zero-order valence-electron chi connectivity index (χ0n) is 12.0. The van der Waals surface area contributed by atoms with Crippen molar-refractivity contribution in [2.24, 2.45) is 5.92 Å². The summed E-state index contributed by atoms with van der Waals surface area (Å²) < 4.78 is 5.26. The van der Waals surface area contributed by atoms with E-state index in [1.165, 1.54) is 0 Å². The minimum absolute atomic E-state index is 0.0923. The van der Waals surface area contributed by atoms with Crippen LogP contribution in [0.5, 0.6) is 5.75 Å². The lowest BCUT2D eigenvalue weighted by atomic mass is 10.0. The summed E-state index contributed by atoms with van der Waals surface area (Å²) in [5, 5.41) is 8.99. The lowest BCUT2D eigenvalue weighted by Crippen LogP contribution is -2.26. The van der Waals surface area contributed by atoms with Crippen molar-refractivity contribution in [3.8, 4) is 5.75 Å². The molecular formula is C15H19NO4. The SMILES string of the molecule is COc1ccc(CN2CC(C(=O)O)CC2=O)c(C)c1C. The fraction of sp³-hybridized carbons (Fsp3) is 0.467. The number of likely N-dealkylation sites (tertiary alicyclic amines) is 1. The van der Waals surface area contributed by atoms with Crippen molar-refractivity contribution in [2.75, 3.05) is 13.7 Å². The Hall–Kier alpha value is -2.04. The molecule has 1 heterocycles. The quantitative estimate of drug-likeness (QED) is 0.910. The molecule has 1 aromatic rings. The van der Waals surface area contributed by atoms with E-state index in [4.69, 9.17) is 9.84 Å². The number of carboxylic acids is 1. The smallest absolute Gasteiger partial charge is 0.308 e. The molecule has 1 unspecified atom stereocenters. The second-order valence-electron chi connectivity index (χ2n) is 5.19. The van der Waals surface area contributed by atoms with Gasteiger partial charge in [-0.2, -0.15) is 0 Å². The Labute approximate surface area is 118 Å². The topological polar surface area (TPSA) is 66.8 Å². The van der Waals surface area contributed by atoms with Crippen molar-refractivity contribution in [3.05, 3.63) is 28.8 Å². The second kappa shape index (κ2) is 5.53. The van der Waals surface area contributed by atoms with Crippen LogP contribution < -0.4 is 4.74 Å². The van der Waals surface area contributed by atoms with Gasteiger partial charge in [0.1, 0.15) is 5.75 Å². The summed E-state index contributed by atoms with van der Waals surface area (Å²) in [7, 11) is 1.63. The molecule has 5 heteroatoms. The monoisotopic (exact) mass is 277 g/mol. The highest BCUT2D eigenvalue weighted by Gasteiger charge is 2.34. The number of rotatable bonds is 4. The van der Waals surface area contributed by atoms with Gasteiger partial charge in [-0.05, 0) is 36.6 Å². The van der Waals surface area contributed by atoms with Gasteiger partial charge in [0, 0.05) is 19.5 Å². The summed E-state index contributed by atoms with van der Waals surface area (Å²) in [5.74, 6) is -0.752. The molecule has 0 aromatic heterocycles. The largest absolute Gasteiger partial charge is 0.496 e. The molecule has 1 aromatic carbocycles. The van der Waals surface area contributed by atoms with Gasteiger partial charge in [-0.1, -0.05) is 6.07 Å². The number of amides is 1. The minimum Gasteiger partial charge on any atom is -0.496 e. The molecule has 1 saturated heterocycles. The van der Waals surface area contributed by atoms with Crippen molar-refractivity contribution in [1.82, 2.24) is 4.90 Å². The van der Waals surface area contributed by atoms with Crippen molar-refractivity contribution < 1.29 is 19.4 Å². The number of benzene rings is 1. The van der Waals surface area contributed by atoms with Crippen LogP contribution in [0.1, 0.15) is 23.1 Å². The average Bonchev–Trinajstić information content (AvgIpc) is 2.77. The standard InChI is InChI=1S/C15H19NO4/c1-9-10(2)13(20-3)5-4-11(9)7-16-8-12(15(18)19)6-14(16)17/h4-5,12H,6-8H2,1-3H3,(H,18,19). The highest BCUT2D eigenvalue weighted by Crippen LogP contribution is 2.27. The Morgan fingerprint density at radius 1 is 1.40 bits per heavy atom. The molecule has 1 aliphatic rings. The zero-order valence-corrected chi connectivity index (χ0v) is 12.0. The number of nitrogens with zero attached hydrogens (tertiary/aromatic N) is 1. The maximum absolute atomic E-state index is 11.9.